The molecule has 0 spiro atoms. The van der Waals surface area contributed by atoms with Gasteiger partial charge >= 0.3 is 0 Å². The van der Waals surface area contributed by atoms with E-state index < -0.39 is 5.82 Å². The average molecular weight is 494 g/mol. The number of anilines is 1. The molecule has 4 rings (SSSR count). The van der Waals surface area contributed by atoms with E-state index in [9.17, 15) is 14.0 Å². The second-order valence-corrected chi connectivity index (χ2v) is 9.50. The highest BCUT2D eigenvalue weighted by Gasteiger charge is 2.34. The summed E-state index contributed by atoms with van der Waals surface area (Å²) in [5.74, 6) is 0.0687. The van der Waals surface area contributed by atoms with Crippen molar-refractivity contribution in [1.82, 2.24) is 19.7 Å². The lowest BCUT2D eigenvalue weighted by atomic mass is 10.1. The van der Waals surface area contributed by atoms with Gasteiger partial charge < -0.3 is 14.8 Å². The molecule has 1 unspecified atom stereocenters. The molecule has 1 fully saturated rings. The van der Waals surface area contributed by atoms with Gasteiger partial charge in [0.25, 0.3) is 5.91 Å². The Balaban J connectivity index is 1.49. The number of allylic oxidation sites excluding steroid dienone is 1. The topological polar surface area (TPSA) is 80.1 Å². The second-order valence-electron chi connectivity index (χ2n) is 8.56. The number of halogens is 1. The Labute approximate surface area is 208 Å². The molecule has 1 atom stereocenters. The van der Waals surface area contributed by atoms with E-state index >= 15 is 0 Å². The highest BCUT2D eigenvalue weighted by Crippen LogP contribution is 2.34. The van der Waals surface area contributed by atoms with Crippen LogP contribution >= 0.6 is 11.8 Å². The van der Waals surface area contributed by atoms with Crippen LogP contribution in [0.3, 0.4) is 0 Å². The molecule has 35 heavy (non-hydrogen) atoms. The van der Waals surface area contributed by atoms with Crippen molar-refractivity contribution in [2.75, 3.05) is 17.6 Å². The summed E-state index contributed by atoms with van der Waals surface area (Å²) < 4.78 is 15.4. The Bertz CT molecular complexity index is 1240. The van der Waals surface area contributed by atoms with Crippen LogP contribution in [0.5, 0.6) is 0 Å². The second kappa shape index (κ2) is 10.9. The number of likely N-dealkylation sites (tertiary alicyclic amines) is 1. The van der Waals surface area contributed by atoms with Gasteiger partial charge in [-0.05, 0) is 56.5 Å². The molecule has 1 aliphatic heterocycles. The first kappa shape index (κ1) is 24.7. The molecular formula is C26H28FN5O2S. The number of thioether (sulfide) groups is 1. The van der Waals surface area contributed by atoms with Gasteiger partial charge in [0, 0.05) is 24.3 Å². The van der Waals surface area contributed by atoms with Crippen LogP contribution in [0.4, 0.5) is 10.1 Å². The number of carbonyl (C=O) groups excluding carboxylic acids is 2. The number of aryl methyl sites for hydroxylation is 2. The largest absolute Gasteiger partial charge is 0.328 e. The van der Waals surface area contributed by atoms with Crippen molar-refractivity contribution >= 4 is 29.3 Å². The summed E-state index contributed by atoms with van der Waals surface area (Å²) in [4.78, 5) is 27.6. The molecule has 0 aliphatic carbocycles. The van der Waals surface area contributed by atoms with Crippen LogP contribution in [0.2, 0.25) is 0 Å². The third-order valence-corrected chi connectivity index (χ3v) is 6.94. The van der Waals surface area contributed by atoms with Gasteiger partial charge in [-0.2, -0.15) is 0 Å². The molecule has 0 radical (unpaired) electrons. The van der Waals surface area contributed by atoms with Crippen molar-refractivity contribution in [3.05, 3.63) is 83.5 Å². The fourth-order valence-corrected chi connectivity index (χ4v) is 4.89. The third-order valence-electron chi connectivity index (χ3n) is 5.97. The molecule has 1 saturated heterocycles. The van der Waals surface area contributed by atoms with E-state index in [1.54, 1.807) is 19.1 Å². The molecule has 1 aromatic heterocycles. The Morgan fingerprint density at radius 1 is 1.20 bits per heavy atom. The highest BCUT2D eigenvalue weighted by molar-refractivity contribution is 7.99. The lowest BCUT2D eigenvalue weighted by Gasteiger charge is -2.24. The maximum absolute atomic E-state index is 13.5. The first-order valence-corrected chi connectivity index (χ1v) is 12.5. The van der Waals surface area contributed by atoms with Crippen molar-refractivity contribution in [2.24, 2.45) is 0 Å². The maximum atomic E-state index is 13.5. The first-order valence-electron chi connectivity index (χ1n) is 11.5. The molecule has 1 N–H and O–H groups in total. The maximum Gasteiger partial charge on any atom is 0.254 e. The fraction of sp³-hybridized carbons (Fsp3) is 0.308. The van der Waals surface area contributed by atoms with E-state index in [4.69, 9.17) is 0 Å². The van der Waals surface area contributed by atoms with Gasteiger partial charge in [0.15, 0.2) is 11.0 Å². The van der Waals surface area contributed by atoms with Crippen molar-refractivity contribution in [3.8, 4) is 0 Å². The van der Waals surface area contributed by atoms with Crippen molar-refractivity contribution in [2.45, 2.75) is 44.4 Å². The van der Waals surface area contributed by atoms with E-state index in [0.717, 1.165) is 24.0 Å². The lowest BCUT2D eigenvalue weighted by Crippen LogP contribution is -2.32. The minimum Gasteiger partial charge on any atom is -0.328 e. The van der Waals surface area contributed by atoms with E-state index in [2.05, 4.69) is 22.1 Å². The molecule has 2 heterocycles. The Morgan fingerprint density at radius 3 is 2.71 bits per heavy atom. The average Bonchev–Trinajstić information content (AvgIpc) is 3.47. The van der Waals surface area contributed by atoms with Crippen LogP contribution < -0.4 is 5.32 Å². The normalized spacial score (nSPS) is 15.3. The van der Waals surface area contributed by atoms with Crippen LogP contribution in [0, 0.1) is 19.7 Å². The summed E-state index contributed by atoms with van der Waals surface area (Å²) in [6, 6.07) is 11.6. The minimum atomic E-state index is -0.407. The van der Waals surface area contributed by atoms with Gasteiger partial charge in [-0.1, -0.05) is 41.6 Å². The summed E-state index contributed by atoms with van der Waals surface area (Å²) in [6.45, 7) is 8.74. The van der Waals surface area contributed by atoms with E-state index in [0.29, 0.717) is 35.3 Å². The summed E-state index contributed by atoms with van der Waals surface area (Å²) >= 11 is 1.24. The first-order chi connectivity index (χ1) is 16.9. The molecule has 2 amide bonds. The van der Waals surface area contributed by atoms with Crippen LogP contribution in [-0.4, -0.2) is 43.8 Å². The van der Waals surface area contributed by atoms with Crippen LogP contribution in [0.25, 0.3) is 0 Å². The van der Waals surface area contributed by atoms with Gasteiger partial charge in [-0.15, -0.1) is 16.8 Å². The molecule has 7 nitrogen and oxygen atoms in total. The summed E-state index contributed by atoms with van der Waals surface area (Å²) in [7, 11) is 0. The van der Waals surface area contributed by atoms with Crippen molar-refractivity contribution < 1.29 is 14.0 Å². The molecule has 1 aliphatic rings. The zero-order chi connectivity index (χ0) is 24.9. The van der Waals surface area contributed by atoms with Gasteiger partial charge in [0.2, 0.25) is 5.91 Å². The zero-order valence-electron chi connectivity index (χ0n) is 19.8. The molecule has 3 aromatic rings. The summed E-state index contributed by atoms with van der Waals surface area (Å²) in [5.41, 5.74) is 2.97. The van der Waals surface area contributed by atoms with Crippen LogP contribution in [-0.2, 0) is 11.3 Å². The number of aromatic nitrogens is 3. The number of benzene rings is 2. The predicted molar refractivity (Wildman–Crippen MR) is 135 cm³/mol. The zero-order valence-corrected chi connectivity index (χ0v) is 20.6. The molecule has 0 bridgehead atoms. The Kier molecular flexibility index (Phi) is 7.65. The number of carbonyl (C=O) groups is 2. The van der Waals surface area contributed by atoms with Gasteiger partial charge in [-0.25, -0.2) is 4.39 Å². The standard InChI is InChI=1S/C26H28FN5O2S/c1-4-13-32-24(22-6-5-14-31(22)25(34)19-10-7-17(2)8-11-19)29-30-26(32)35-16-23(33)28-21-15-20(27)12-9-18(21)3/h4,7-12,15,22H,1,5-6,13-14,16H2,2-3H3,(H,28,33). The van der Waals surface area contributed by atoms with E-state index in [-0.39, 0.29) is 23.6 Å². The molecule has 2 aromatic carbocycles. The molecule has 182 valence electrons. The molecule has 9 heteroatoms. The molecule has 0 saturated carbocycles. The highest BCUT2D eigenvalue weighted by atomic mass is 32.2. The number of hydrogen-bond acceptors (Lipinski definition) is 5. The van der Waals surface area contributed by atoms with Gasteiger partial charge in [-0.3, -0.25) is 9.59 Å². The fourth-order valence-electron chi connectivity index (χ4n) is 4.14. The number of amides is 2. The SMILES string of the molecule is C=CCn1c(SCC(=O)Nc2cc(F)ccc2C)nnc1C1CCCN1C(=O)c1ccc(C)cc1. The lowest BCUT2D eigenvalue weighted by molar-refractivity contribution is -0.113. The quantitative estimate of drug-likeness (QED) is 0.356. The van der Waals surface area contributed by atoms with Crippen LogP contribution in [0.1, 0.15) is 46.2 Å². The monoisotopic (exact) mass is 493 g/mol. The Morgan fingerprint density at radius 2 is 1.97 bits per heavy atom. The third kappa shape index (κ3) is 5.62. The molecular weight excluding hydrogens is 465 g/mol. The van der Waals surface area contributed by atoms with Gasteiger partial charge in [0.05, 0.1) is 11.8 Å². The predicted octanol–water partition coefficient (Wildman–Crippen LogP) is 4.93. The van der Waals surface area contributed by atoms with E-state index in [1.165, 1.54) is 23.9 Å². The van der Waals surface area contributed by atoms with E-state index in [1.807, 2.05) is 40.7 Å². The van der Waals surface area contributed by atoms with Gasteiger partial charge in [0.1, 0.15) is 5.82 Å². The minimum absolute atomic E-state index is 0.0281. The van der Waals surface area contributed by atoms with Crippen molar-refractivity contribution in [3.63, 3.8) is 0 Å². The van der Waals surface area contributed by atoms with Crippen molar-refractivity contribution in [1.29, 1.82) is 0 Å². The number of nitrogens with one attached hydrogen (secondary N) is 1. The number of rotatable bonds is 8. The summed E-state index contributed by atoms with van der Waals surface area (Å²) in [6.07, 6.45) is 3.41. The summed E-state index contributed by atoms with van der Waals surface area (Å²) in [5, 5.41) is 12.1. The number of hydrogen-bond donors (Lipinski definition) is 1. The smallest absolute Gasteiger partial charge is 0.254 e. The Hall–Kier alpha value is -3.46. The van der Waals surface area contributed by atoms with Crippen LogP contribution in [0.15, 0.2) is 60.3 Å². The number of nitrogens with zero attached hydrogens (tertiary/aromatic N) is 4.